The van der Waals surface area contributed by atoms with Crippen LogP contribution in [0.25, 0.3) is 0 Å². The van der Waals surface area contributed by atoms with Gasteiger partial charge in [-0.1, -0.05) is 0 Å². The Balaban J connectivity index is 3.33. The van der Waals surface area contributed by atoms with Crippen LogP contribution in [0, 0.1) is 11.3 Å². The summed E-state index contributed by atoms with van der Waals surface area (Å²) in [4.78, 5) is 3.34. The minimum absolute atomic E-state index is 0.0219. The number of aromatic nitrogens is 1. The fourth-order valence-electron chi connectivity index (χ4n) is 1.37. The van der Waals surface area contributed by atoms with Crippen molar-refractivity contribution in [1.82, 2.24) is 4.98 Å². The summed E-state index contributed by atoms with van der Waals surface area (Å²) in [5.41, 5.74) is 4.05. The molecule has 0 aliphatic carbocycles. The van der Waals surface area contributed by atoms with Gasteiger partial charge in [0.15, 0.2) is 5.75 Å². The molecule has 0 unspecified atom stereocenters. The molecule has 0 amide bonds. The van der Waals surface area contributed by atoms with E-state index < -0.39 is 24.2 Å². The van der Waals surface area contributed by atoms with Crippen molar-refractivity contribution < 1.29 is 26.7 Å². The van der Waals surface area contributed by atoms with Crippen LogP contribution < -0.4 is 10.5 Å². The average Bonchev–Trinajstić information content (AvgIpc) is 2.27. The maximum atomic E-state index is 12.6. The van der Waals surface area contributed by atoms with E-state index in [1.807, 2.05) is 0 Å². The van der Waals surface area contributed by atoms with Gasteiger partial charge in [0.2, 0.25) is 0 Å². The van der Waals surface area contributed by atoms with Crippen molar-refractivity contribution in [3.05, 3.63) is 23.0 Å². The molecule has 1 aromatic rings. The Labute approximate surface area is 104 Å². The molecule has 104 valence electrons. The molecule has 1 heterocycles. The Morgan fingerprint density at radius 1 is 1.42 bits per heavy atom. The Kier molecular flexibility index (Phi) is 4.61. The maximum Gasteiger partial charge on any atom is 0.573 e. The third kappa shape index (κ3) is 4.03. The van der Waals surface area contributed by atoms with E-state index in [2.05, 4.69) is 9.72 Å². The fourth-order valence-corrected chi connectivity index (χ4v) is 1.37. The summed E-state index contributed by atoms with van der Waals surface area (Å²) < 4.78 is 65.0. The number of halogens is 5. The predicted molar refractivity (Wildman–Crippen MR) is 53.1 cm³/mol. The number of alkyl halides is 5. The van der Waals surface area contributed by atoms with Crippen molar-refractivity contribution in [2.45, 2.75) is 25.8 Å². The average molecular weight is 281 g/mol. The second-order valence-electron chi connectivity index (χ2n) is 3.37. The molecule has 0 fully saturated rings. The zero-order chi connectivity index (χ0) is 14.6. The van der Waals surface area contributed by atoms with Crippen molar-refractivity contribution in [3.8, 4) is 11.8 Å². The molecule has 2 N–H and O–H groups in total. The maximum absolute atomic E-state index is 12.6. The third-order valence-electron chi connectivity index (χ3n) is 2.08. The first-order valence-electron chi connectivity index (χ1n) is 4.92. The molecular formula is C10H8F5N3O. The zero-order valence-corrected chi connectivity index (χ0v) is 9.34. The highest BCUT2D eigenvalue weighted by atomic mass is 19.4. The van der Waals surface area contributed by atoms with Crippen molar-refractivity contribution in [2.24, 2.45) is 5.73 Å². The summed E-state index contributed by atoms with van der Waals surface area (Å²) in [6.45, 7) is -0.275. The number of nitriles is 1. The SMILES string of the molecule is N#CCc1cc(OC(F)(F)F)c(C(F)F)nc1CN. The van der Waals surface area contributed by atoms with Crippen LogP contribution in [0.5, 0.6) is 5.75 Å². The lowest BCUT2D eigenvalue weighted by Gasteiger charge is -2.15. The van der Waals surface area contributed by atoms with Crippen LogP contribution in [-0.4, -0.2) is 11.3 Å². The molecule has 0 spiro atoms. The molecule has 1 rings (SSSR count). The van der Waals surface area contributed by atoms with Crippen LogP contribution in [0.1, 0.15) is 23.4 Å². The molecule has 1 aromatic heterocycles. The van der Waals surface area contributed by atoms with E-state index >= 15 is 0 Å². The van der Waals surface area contributed by atoms with Gasteiger partial charge in [-0.3, -0.25) is 0 Å². The molecule has 0 saturated heterocycles. The third-order valence-corrected chi connectivity index (χ3v) is 2.08. The van der Waals surface area contributed by atoms with Crippen LogP contribution >= 0.6 is 0 Å². The largest absolute Gasteiger partial charge is 0.573 e. The van der Waals surface area contributed by atoms with Crippen molar-refractivity contribution in [3.63, 3.8) is 0 Å². The second-order valence-corrected chi connectivity index (χ2v) is 3.37. The van der Waals surface area contributed by atoms with Gasteiger partial charge in [-0.2, -0.15) is 5.26 Å². The highest BCUT2D eigenvalue weighted by molar-refractivity contribution is 5.38. The van der Waals surface area contributed by atoms with E-state index in [9.17, 15) is 22.0 Å². The first kappa shape index (κ1) is 15.1. The van der Waals surface area contributed by atoms with Crippen molar-refractivity contribution >= 4 is 0 Å². The van der Waals surface area contributed by atoms with E-state index in [0.29, 0.717) is 6.07 Å². The fraction of sp³-hybridized carbons (Fsp3) is 0.400. The molecule has 0 saturated carbocycles. The van der Waals surface area contributed by atoms with Gasteiger partial charge in [-0.25, -0.2) is 13.8 Å². The van der Waals surface area contributed by atoms with Crippen LogP contribution in [0.2, 0.25) is 0 Å². The number of pyridine rings is 1. The lowest BCUT2D eigenvalue weighted by atomic mass is 10.1. The van der Waals surface area contributed by atoms with Crippen molar-refractivity contribution in [1.29, 1.82) is 5.26 Å². The molecule has 0 aromatic carbocycles. The van der Waals surface area contributed by atoms with E-state index in [-0.39, 0.29) is 24.2 Å². The minimum atomic E-state index is -5.13. The van der Waals surface area contributed by atoms with Gasteiger partial charge >= 0.3 is 6.36 Å². The Bertz CT molecular complexity index is 495. The summed E-state index contributed by atoms with van der Waals surface area (Å²) in [7, 11) is 0. The van der Waals surface area contributed by atoms with Crippen LogP contribution in [0.4, 0.5) is 22.0 Å². The van der Waals surface area contributed by atoms with Gasteiger partial charge < -0.3 is 10.5 Å². The lowest BCUT2D eigenvalue weighted by Crippen LogP contribution is -2.20. The smallest absolute Gasteiger partial charge is 0.404 e. The number of hydrogen-bond acceptors (Lipinski definition) is 4. The Morgan fingerprint density at radius 2 is 2.05 bits per heavy atom. The number of nitrogens with zero attached hydrogens (tertiary/aromatic N) is 2. The van der Waals surface area contributed by atoms with Crippen LogP contribution in [0.15, 0.2) is 6.07 Å². The molecule has 4 nitrogen and oxygen atoms in total. The van der Waals surface area contributed by atoms with Crippen LogP contribution in [-0.2, 0) is 13.0 Å². The highest BCUT2D eigenvalue weighted by Crippen LogP contribution is 2.33. The summed E-state index contributed by atoms with van der Waals surface area (Å²) in [6, 6.07) is 2.39. The molecule has 0 aliphatic rings. The van der Waals surface area contributed by atoms with Gasteiger partial charge in [0.1, 0.15) is 5.69 Å². The molecule has 0 radical (unpaired) electrons. The molecule has 19 heavy (non-hydrogen) atoms. The topological polar surface area (TPSA) is 71.9 Å². The Hall–Kier alpha value is -1.95. The van der Waals surface area contributed by atoms with Gasteiger partial charge in [0.05, 0.1) is 18.2 Å². The standard InChI is InChI=1S/C10H8F5N3O/c11-9(12)8-7(19-10(13,14)15)3-5(1-2-16)6(4-17)18-8/h3,9H,1,4,17H2. The summed E-state index contributed by atoms with van der Waals surface area (Å²) >= 11 is 0. The first-order valence-corrected chi connectivity index (χ1v) is 4.92. The molecule has 0 atom stereocenters. The number of ether oxygens (including phenoxy) is 1. The number of hydrogen-bond donors (Lipinski definition) is 1. The molecular weight excluding hydrogens is 273 g/mol. The van der Waals surface area contributed by atoms with Crippen LogP contribution in [0.3, 0.4) is 0 Å². The van der Waals surface area contributed by atoms with Gasteiger partial charge in [-0.15, -0.1) is 13.2 Å². The zero-order valence-electron chi connectivity index (χ0n) is 9.34. The van der Waals surface area contributed by atoms with Crippen molar-refractivity contribution in [2.75, 3.05) is 0 Å². The minimum Gasteiger partial charge on any atom is -0.404 e. The predicted octanol–water partition coefficient (Wildman–Crippen LogP) is 2.44. The number of nitrogens with two attached hydrogens (primary N) is 1. The highest BCUT2D eigenvalue weighted by Gasteiger charge is 2.34. The first-order chi connectivity index (χ1) is 8.78. The monoisotopic (exact) mass is 281 g/mol. The van der Waals surface area contributed by atoms with Gasteiger partial charge in [0, 0.05) is 6.54 Å². The van der Waals surface area contributed by atoms with E-state index in [0.717, 1.165) is 0 Å². The summed E-state index contributed by atoms with van der Waals surface area (Å²) in [6.07, 6.45) is -8.68. The Morgan fingerprint density at radius 3 is 2.47 bits per heavy atom. The van der Waals surface area contributed by atoms with E-state index in [4.69, 9.17) is 11.0 Å². The summed E-state index contributed by atoms with van der Waals surface area (Å²) in [5.74, 6) is -1.12. The van der Waals surface area contributed by atoms with E-state index in [1.54, 1.807) is 6.07 Å². The molecule has 0 aliphatic heterocycles. The molecule has 9 heteroatoms. The lowest BCUT2D eigenvalue weighted by molar-refractivity contribution is -0.275. The molecule has 0 bridgehead atoms. The van der Waals surface area contributed by atoms with Gasteiger partial charge in [-0.05, 0) is 11.6 Å². The van der Waals surface area contributed by atoms with E-state index in [1.165, 1.54) is 0 Å². The summed E-state index contributed by atoms with van der Waals surface area (Å²) in [5, 5.41) is 8.51. The quantitative estimate of drug-likeness (QED) is 0.860. The number of rotatable bonds is 4. The normalized spacial score (nSPS) is 11.5. The van der Waals surface area contributed by atoms with Gasteiger partial charge in [0.25, 0.3) is 6.43 Å². The second kappa shape index (κ2) is 5.79.